The van der Waals surface area contributed by atoms with Crippen LogP contribution in [0.1, 0.15) is 46.5 Å². The summed E-state index contributed by atoms with van der Waals surface area (Å²) in [5.74, 6) is 0.915. The Morgan fingerprint density at radius 3 is 2.50 bits per heavy atom. The molecule has 96 valence electrons. The third-order valence-electron chi connectivity index (χ3n) is 4.19. The number of hydrogen-bond donors (Lipinski definition) is 1. The second-order valence-electron chi connectivity index (χ2n) is 5.69. The van der Waals surface area contributed by atoms with E-state index in [1.54, 1.807) is 0 Å². The van der Waals surface area contributed by atoms with E-state index in [-0.39, 0.29) is 0 Å². The average Bonchev–Trinajstić information content (AvgIpc) is 2.26. The van der Waals surface area contributed by atoms with Gasteiger partial charge in [-0.2, -0.15) is 0 Å². The largest absolute Gasteiger partial charge is 0.319 e. The molecule has 0 aromatic rings. The lowest BCUT2D eigenvalue weighted by atomic mass is 9.69. The van der Waals surface area contributed by atoms with Crippen molar-refractivity contribution < 1.29 is 0 Å². The first-order chi connectivity index (χ1) is 7.65. The molecule has 2 unspecified atom stereocenters. The number of rotatable bonds is 6. The van der Waals surface area contributed by atoms with Crippen molar-refractivity contribution in [2.75, 3.05) is 33.2 Å². The highest BCUT2D eigenvalue weighted by Crippen LogP contribution is 2.39. The summed E-state index contributed by atoms with van der Waals surface area (Å²) in [5, 5.41) is 3.43. The van der Waals surface area contributed by atoms with E-state index >= 15 is 0 Å². The molecular weight excluding hydrogens is 196 g/mol. The third-order valence-corrected chi connectivity index (χ3v) is 4.19. The van der Waals surface area contributed by atoms with Crippen molar-refractivity contribution in [1.29, 1.82) is 0 Å². The molecular formula is C14H30N2. The van der Waals surface area contributed by atoms with Gasteiger partial charge in [0.05, 0.1) is 0 Å². The molecule has 1 fully saturated rings. The molecule has 0 saturated heterocycles. The fourth-order valence-electron chi connectivity index (χ4n) is 3.43. The van der Waals surface area contributed by atoms with Crippen LogP contribution in [0.4, 0.5) is 0 Å². The fourth-order valence-corrected chi connectivity index (χ4v) is 3.43. The zero-order chi connectivity index (χ0) is 12.0. The first-order valence-electron chi connectivity index (χ1n) is 7.02. The van der Waals surface area contributed by atoms with Crippen LogP contribution in [-0.2, 0) is 0 Å². The van der Waals surface area contributed by atoms with Crippen molar-refractivity contribution in [3.8, 4) is 0 Å². The Morgan fingerprint density at radius 1 is 1.31 bits per heavy atom. The topological polar surface area (TPSA) is 15.3 Å². The summed E-state index contributed by atoms with van der Waals surface area (Å²) >= 11 is 0. The quantitative estimate of drug-likeness (QED) is 0.749. The molecule has 1 aliphatic carbocycles. The van der Waals surface area contributed by atoms with Gasteiger partial charge in [0.2, 0.25) is 0 Å². The van der Waals surface area contributed by atoms with Gasteiger partial charge in [-0.05, 0) is 44.3 Å². The minimum Gasteiger partial charge on any atom is -0.319 e. The van der Waals surface area contributed by atoms with Crippen LogP contribution in [0.25, 0.3) is 0 Å². The number of hydrogen-bond acceptors (Lipinski definition) is 2. The molecule has 0 bridgehead atoms. The summed E-state index contributed by atoms with van der Waals surface area (Å²) in [5.41, 5.74) is 0.540. The molecule has 2 atom stereocenters. The second-order valence-corrected chi connectivity index (χ2v) is 5.69. The summed E-state index contributed by atoms with van der Waals surface area (Å²) in [6, 6.07) is 0. The van der Waals surface area contributed by atoms with Crippen molar-refractivity contribution in [3.63, 3.8) is 0 Å². The molecule has 1 N–H and O–H groups in total. The second kappa shape index (κ2) is 6.61. The Hall–Kier alpha value is -0.0800. The van der Waals surface area contributed by atoms with Gasteiger partial charge < -0.3 is 10.2 Å². The van der Waals surface area contributed by atoms with E-state index in [9.17, 15) is 0 Å². The molecule has 2 nitrogen and oxygen atoms in total. The minimum atomic E-state index is 0.540. The molecule has 0 aromatic carbocycles. The van der Waals surface area contributed by atoms with Crippen molar-refractivity contribution in [1.82, 2.24) is 10.2 Å². The molecule has 0 aromatic heterocycles. The molecule has 1 aliphatic rings. The highest BCUT2D eigenvalue weighted by atomic mass is 15.1. The average molecular weight is 226 g/mol. The van der Waals surface area contributed by atoms with Crippen molar-refractivity contribution in [2.24, 2.45) is 11.3 Å². The van der Waals surface area contributed by atoms with Gasteiger partial charge >= 0.3 is 0 Å². The third kappa shape index (κ3) is 3.74. The van der Waals surface area contributed by atoms with Crippen LogP contribution in [0, 0.1) is 11.3 Å². The summed E-state index contributed by atoms with van der Waals surface area (Å²) in [4.78, 5) is 2.59. The van der Waals surface area contributed by atoms with Gasteiger partial charge in [0.25, 0.3) is 0 Å². The lowest BCUT2D eigenvalue weighted by Crippen LogP contribution is -2.46. The molecule has 1 rings (SSSR count). The zero-order valence-corrected chi connectivity index (χ0v) is 11.7. The monoisotopic (exact) mass is 226 g/mol. The fraction of sp³-hybridized carbons (Fsp3) is 1.00. The van der Waals surface area contributed by atoms with Gasteiger partial charge in [-0.1, -0.05) is 33.6 Å². The van der Waals surface area contributed by atoms with Crippen LogP contribution in [0.5, 0.6) is 0 Å². The Labute approximate surface area is 102 Å². The van der Waals surface area contributed by atoms with E-state index in [4.69, 9.17) is 0 Å². The standard InChI is InChI=1S/C14H30N2/c1-5-16(6-2)12-14(11-15-4)9-7-8-13(3)10-14/h13,15H,5-12H2,1-4H3. The van der Waals surface area contributed by atoms with E-state index in [0.29, 0.717) is 5.41 Å². The van der Waals surface area contributed by atoms with Crippen LogP contribution in [0.3, 0.4) is 0 Å². The van der Waals surface area contributed by atoms with Crippen molar-refractivity contribution in [2.45, 2.75) is 46.5 Å². The normalized spacial score (nSPS) is 30.9. The Balaban J connectivity index is 2.63. The van der Waals surface area contributed by atoms with E-state index in [1.165, 1.54) is 51.9 Å². The lowest BCUT2D eigenvalue weighted by molar-refractivity contribution is 0.0868. The van der Waals surface area contributed by atoms with Gasteiger partial charge in [-0.15, -0.1) is 0 Å². The zero-order valence-electron chi connectivity index (χ0n) is 11.7. The Morgan fingerprint density at radius 2 is 2.00 bits per heavy atom. The van der Waals surface area contributed by atoms with Gasteiger partial charge in [0, 0.05) is 13.1 Å². The van der Waals surface area contributed by atoms with Crippen LogP contribution >= 0.6 is 0 Å². The predicted molar refractivity (Wildman–Crippen MR) is 71.8 cm³/mol. The summed E-state index contributed by atoms with van der Waals surface area (Å²) in [6.45, 7) is 11.8. The van der Waals surface area contributed by atoms with Crippen molar-refractivity contribution >= 4 is 0 Å². The van der Waals surface area contributed by atoms with E-state index in [2.05, 4.69) is 38.0 Å². The number of nitrogens with one attached hydrogen (secondary N) is 1. The molecule has 16 heavy (non-hydrogen) atoms. The maximum absolute atomic E-state index is 3.43. The molecule has 0 radical (unpaired) electrons. The van der Waals surface area contributed by atoms with E-state index < -0.39 is 0 Å². The van der Waals surface area contributed by atoms with Crippen LogP contribution in [0.2, 0.25) is 0 Å². The highest BCUT2D eigenvalue weighted by Gasteiger charge is 2.35. The molecule has 2 heteroatoms. The Kier molecular flexibility index (Phi) is 5.77. The predicted octanol–water partition coefficient (Wildman–Crippen LogP) is 2.74. The Bertz CT molecular complexity index is 185. The molecule has 0 spiro atoms. The number of nitrogens with zero attached hydrogens (tertiary/aromatic N) is 1. The molecule has 1 saturated carbocycles. The summed E-state index contributed by atoms with van der Waals surface area (Å²) < 4.78 is 0. The van der Waals surface area contributed by atoms with E-state index in [1.807, 2.05) is 0 Å². The summed E-state index contributed by atoms with van der Waals surface area (Å²) in [7, 11) is 2.10. The lowest BCUT2D eigenvalue weighted by Gasteiger charge is -2.43. The van der Waals surface area contributed by atoms with Crippen LogP contribution in [0.15, 0.2) is 0 Å². The van der Waals surface area contributed by atoms with Gasteiger partial charge in [-0.25, -0.2) is 0 Å². The molecule has 0 amide bonds. The summed E-state index contributed by atoms with van der Waals surface area (Å²) in [6.07, 6.45) is 5.67. The highest BCUT2D eigenvalue weighted by molar-refractivity contribution is 4.89. The SMILES string of the molecule is CCN(CC)CC1(CNC)CCCC(C)C1. The first-order valence-corrected chi connectivity index (χ1v) is 7.02. The van der Waals surface area contributed by atoms with Crippen LogP contribution < -0.4 is 5.32 Å². The van der Waals surface area contributed by atoms with Gasteiger partial charge in [0.15, 0.2) is 0 Å². The van der Waals surface area contributed by atoms with E-state index in [0.717, 1.165) is 5.92 Å². The molecule has 0 heterocycles. The van der Waals surface area contributed by atoms with Gasteiger partial charge in [-0.3, -0.25) is 0 Å². The maximum atomic E-state index is 3.43. The van der Waals surface area contributed by atoms with Gasteiger partial charge in [0.1, 0.15) is 0 Å². The minimum absolute atomic E-state index is 0.540. The van der Waals surface area contributed by atoms with Crippen molar-refractivity contribution in [3.05, 3.63) is 0 Å². The maximum Gasteiger partial charge on any atom is 0.00500 e. The molecule has 0 aliphatic heterocycles. The smallest absolute Gasteiger partial charge is 0.00500 e. The first kappa shape index (κ1) is 14.0. The van der Waals surface area contributed by atoms with Crippen LogP contribution in [-0.4, -0.2) is 38.1 Å².